The van der Waals surface area contributed by atoms with E-state index in [1.807, 2.05) is 6.26 Å². The van der Waals surface area contributed by atoms with E-state index in [1.54, 1.807) is 11.8 Å². The molecule has 0 aliphatic carbocycles. The zero-order valence-electron chi connectivity index (χ0n) is 12.8. The highest BCUT2D eigenvalue weighted by Crippen LogP contribution is 2.03. The summed E-state index contributed by atoms with van der Waals surface area (Å²) < 4.78 is 30.4. The minimum atomic E-state index is -3.43. The van der Waals surface area contributed by atoms with Crippen LogP contribution in [0.4, 0.5) is 0 Å². The van der Waals surface area contributed by atoms with Gasteiger partial charge in [0.25, 0.3) is 0 Å². The Morgan fingerprint density at radius 2 is 2.05 bits per heavy atom. The van der Waals surface area contributed by atoms with Crippen LogP contribution in [0.1, 0.15) is 19.8 Å². The van der Waals surface area contributed by atoms with Crippen molar-refractivity contribution in [2.45, 2.75) is 31.9 Å². The largest absolute Gasteiger partial charge is 0.391 e. The first-order valence-electron chi connectivity index (χ1n) is 6.80. The summed E-state index contributed by atoms with van der Waals surface area (Å²) in [7, 11) is -1.95. The third-order valence-electron chi connectivity index (χ3n) is 2.76. The number of rotatable bonds is 12. The van der Waals surface area contributed by atoms with Crippen LogP contribution >= 0.6 is 11.8 Å². The van der Waals surface area contributed by atoms with Crippen LogP contribution in [0.5, 0.6) is 0 Å². The molecule has 0 aliphatic heterocycles. The molecule has 0 aromatic carbocycles. The predicted molar refractivity (Wildman–Crippen MR) is 84.9 cm³/mol. The highest BCUT2D eigenvalue weighted by atomic mass is 32.2. The average Bonchev–Trinajstić information content (AvgIpc) is 2.43. The third-order valence-corrected chi connectivity index (χ3v) is 4.81. The van der Waals surface area contributed by atoms with Gasteiger partial charge < -0.3 is 15.2 Å². The molecule has 21 heavy (non-hydrogen) atoms. The first-order chi connectivity index (χ1) is 9.86. The molecule has 0 spiro atoms. The molecule has 9 heteroatoms. The number of aliphatic hydroxyl groups is 1. The van der Waals surface area contributed by atoms with E-state index in [2.05, 4.69) is 10.0 Å². The fourth-order valence-electron chi connectivity index (χ4n) is 1.54. The summed E-state index contributed by atoms with van der Waals surface area (Å²) in [6.07, 6.45) is 2.03. The van der Waals surface area contributed by atoms with Crippen LogP contribution in [0.2, 0.25) is 0 Å². The topological polar surface area (TPSA) is 105 Å². The summed E-state index contributed by atoms with van der Waals surface area (Å²) in [6, 6.07) is -0.776. The second-order valence-corrected chi connectivity index (χ2v) is 7.57. The highest BCUT2D eigenvalue weighted by molar-refractivity contribution is 7.98. The fourth-order valence-corrected chi connectivity index (χ4v) is 2.84. The SMILES string of the molecule is CCS(=O)(=O)NC(CCSC)C(=O)NCCC(O)COC. The Hall–Kier alpha value is -0.350. The molecule has 126 valence electrons. The van der Waals surface area contributed by atoms with Crippen molar-refractivity contribution in [2.75, 3.05) is 38.0 Å². The van der Waals surface area contributed by atoms with Crippen molar-refractivity contribution in [2.24, 2.45) is 0 Å². The lowest BCUT2D eigenvalue weighted by Gasteiger charge is -2.18. The monoisotopic (exact) mass is 342 g/mol. The van der Waals surface area contributed by atoms with Crippen molar-refractivity contribution < 1.29 is 23.1 Å². The summed E-state index contributed by atoms with van der Waals surface area (Å²) in [5.74, 6) is 0.241. The van der Waals surface area contributed by atoms with Gasteiger partial charge in [-0.3, -0.25) is 4.79 Å². The van der Waals surface area contributed by atoms with Crippen molar-refractivity contribution in [3.8, 4) is 0 Å². The van der Waals surface area contributed by atoms with E-state index in [1.165, 1.54) is 14.0 Å². The van der Waals surface area contributed by atoms with Crippen molar-refractivity contribution in [1.29, 1.82) is 0 Å². The van der Waals surface area contributed by atoms with E-state index < -0.39 is 22.2 Å². The molecule has 3 N–H and O–H groups in total. The zero-order chi connectivity index (χ0) is 16.3. The Kier molecular flexibility index (Phi) is 11.1. The molecule has 0 aromatic rings. The first kappa shape index (κ1) is 20.6. The quantitative estimate of drug-likeness (QED) is 0.444. The second-order valence-electron chi connectivity index (χ2n) is 4.54. The van der Waals surface area contributed by atoms with Gasteiger partial charge in [-0.2, -0.15) is 11.8 Å². The molecule has 0 fully saturated rings. The molecule has 0 aliphatic rings. The number of thioether (sulfide) groups is 1. The van der Waals surface area contributed by atoms with Crippen molar-refractivity contribution in [3.63, 3.8) is 0 Å². The van der Waals surface area contributed by atoms with Crippen LogP contribution < -0.4 is 10.0 Å². The Labute approximate surface area is 131 Å². The van der Waals surface area contributed by atoms with Gasteiger partial charge >= 0.3 is 0 Å². The zero-order valence-corrected chi connectivity index (χ0v) is 14.4. The van der Waals surface area contributed by atoms with Crippen molar-refractivity contribution in [1.82, 2.24) is 10.0 Å². The fraction of sp³-hybridized carbons (Fsp3) is 0.917. The van der Waals surface area contributed by atoms with Gasteiger partial charge in [-0.05, 0) is 31.8 Å². The molecular weight excluding hydrogens is 316 g/mol. The number of carbonyl (C=O) groups is 1. The number of hydrogen-bond acceptors (Lipinski definition) is 6. The predicted octanol–water partition coefficient (Wildman–Crippen LogP) is -0.439. The average molecular weight is 342 g/mol. The van der Waals surface area contributed by atoms with Crippen LogP contribution in [-0.4, -0.2) is 69.6 Å². The van der Waals surface area contributed by atoms with E-state index >= 15 is 0 Å². The lowest BCUT2D eigenvalue weighted by atomic mass is 10.2. The van der Waals surface area contributed by atoms with Gasteiger partial charge in [0.05, 0.1) is 18.5 Å². The molecule has 0 rings (SSSR count). The van der Waals surface area contributed by atoms with Crippen LogP contribution in [0.15, 0.2) is 0 Å². The minimum absolute atomic E-state index is 0.0669. The van der Waals surface area contributed by atoms with Gasteiger partial charge in [-0.15, -0.1) is 0 Å². The van der Waals surface area contributed by atoms with Gasteiger partial charge in [0.15, 0.2) is 0 Å². The van der Waals surface area contributed by atoms with Crippen LogP contribution in [0.25, 0.3) is 0 Å². The van der Waals surface area contributed by atoms with E-state index in [0.29, 0.717) is 18.6 Å². The lowest BCUT2D eigenvalue weighted by molar-refractivity contribution is -0.122. The summed E-state index contributed by atoms with van der Waals surface area (Å²) in [5.41, 5.74) is 0. The molecule has 0 heterocycles. The van der Waals surface area contributed by atoms with E-state index in [4.69, 9.17) is 4.74 Å². The lowest BCUT2D eigenvalue weighted by Crippen LogP contribution is -2.48. The number of ether oxygens (including phenoxy) is 1. The molecule has 0 radical (unpaired) electrons. The van der Waals surface area contributed by atoms with E-state index in [9.17, 15) is 18.3 Å². The maximum Gasteiger partial charge on any atom is 0.238 e. The number of carbonyl (C=O) groups excluding carboxylic acids is 1. The van der Waals surface area contributed by atoms with Gasteiger partial charge in [0.2, 0.25) is 15.9 Å². The number of nitrogens with one attached hydrogen (secondary N) is 2. The van der Waals surface area contributed by atoms with Crippen LogP contribution in [0, 0.1) is 0 Å². The summed E-state index contributed by atoms with van der Waals surface area (Å²) >= 11 is 1.54. The highest BCUT2D eigenvalue weighted by Gasteiger charge is 2.22. The molecule has 7 nitrogen and oxygen atoms in total. The number of methoxy groups -OCH3 is 1. The van der Waals surface area contributed by atoms with E-state index in [-0.39, 0.29) is 24.8 Å². The van der Waals surface area contributed by atoms with Crippen molar-refractivity contribution >= 4 is 27.7 Å². The Bertz CT molecular complexity index is 389. The van der Waals surface area contributed by atoms with E-state index in [0.717, 1.165) is 0 Å². The van der Waals surface area contributed by atoms with Gasteiger partial charge in [0, 0.05) is 13.7 Å². The Morgan fingerprint density at radius 1 is 1.38 bits per heavy atom. The molecule has 0 saturated heterocycles. The smallest absolute Gasteiger partial charge is 0.238 e. The van der Waals surface area contributed by atoms with Gasteiger partial charge in [-0.1, -0.05) is 0 Å². The molecule has 0 aromatic heterocycles. The molecule has 0 bridgehead atoms. The Morgan fingerprint density at radius 3 is 2.57 bits per heavy atom. The van der Waals surface area contributed by atoms with Gasteiger partial charge in [0.1, 0.15) is 6.04 Å². The van der Waals surface area contributed by atoms with Crippen LogP contribution in [0.3, 0.4) is 0 Å². The number of hydrogen-bond donors (Lipinski definition) is 3. The maximum absolute atomic E-state index is 12.0. The van der Waals surface area contributed by atoms with Gasteiger partial charge in [-0.25, -0.2) is 13.1 Å². The number of amides is 1. The summed E-state index contributed by atoms with van der Waals surface area (Å²) in [6.45, 7) is 1.99. The summed E-state index contributed by atoms with van der Waals surface area (Å²) in [5, 5.41) is 12.1. The molecule has 1 amide bonds. The molecule has 0 saturated carbocycles. The standard InChI is InChI=1S/C12H26N2O5S2/c1-4-21(17,18)14-11(6-8-20-3)12(16)13-7-5-10(15)9-19-2/h10-11,14-15H,4-9H2,1-3H3,(H,13,16). The number of sulfonamides is 1. The first-order valence-corrected chi connectivity index (χ1v) is 9.84. The summed E-state index contributed by atoms with van der Waals surface area (Å²) in [4.78, 5) is 12.0. The molecule has 2 atom stereocenters. The maximum atomic E-state index is 12.0. The molecular formula is C12H26N2O5S2. The second kappa shape index (κ2) is 11.2. The van der Waals surface area contributed by atoms with Crippen LogP contribution in [-0.2, 0) is 19.6 Å². The Balaban J connectivity index is 4.38. The normalized spacial score (nSPS) is 14.7. The molecule has 2 unspecified atom stereocenters. The number of aliphatic hydroxyl groups excluding tert-OH is 1. The minimum Gasteiger partial charge on any atom is -0.391 e. The third kappa shape index (κ3) is 10.1. The van der Waals surface area contributed by atoms with Crippen molar-refractivity contribution in [3.05, 3.63) is 0 Å².